The van der Waals surface area contributed by atoms with Crippen LogP contribution in [0.5, 0.6) is 11.5 Å². The third kappa shape index (κ3) is 6.84. The topological polar surface area (TPSA) is 68.8 Å². The van der Waals surface area contributed by atoms with Gasteiger partial charge in [0.05, 0.1) is 6.61 Å². The Morgan fingerprint density at radius 1 is 1.10 bits per heavy atom. The maximum atomic E-state index is 11.4. The average molecular weight is 282 g/mol. The van der Waals surface area contributed by atoms with Crippen LogP contribution in [0.2, 0.25) is 0 Å². The molecule has 1 aromatic rings. The van der Waals surface area contributed by atoms with E-state index >= 15 is 0 Å². The van der Waals surface area contributed by atoms with Crippen molar-refractivity contribution in [1.29, 1.82) is 0 Å². The Hall–Kier alpha value is -1.95. The van der Waals surface area contributed by atoms with Crippen LogP contribution < -0.4 is 20.1 Å². The molecule has 0 unspecified atom stereocenters. The highest BCUT2D eigenvalue weighted by atomic mass is 16.5. The first-order valence-electron chi connectivity index (χ1n) is 6.62. The molecule has 1 rings (SSSR count). The van der Waals surface area contributed by atoms with Gasteiger partial charge in [-0.15, -0.1) is 0 Å². The minimum Gasteiger partial charge on any atom is -0.494 e. The van der Waals surface area contributed by atoms with E-state index in [0.29, 0.717) is 25.5 Å². The van der Waals surface area contributed by atoms with Gasteiger partial charge < -0.3 is 24.8 Å². The number of hydrogen-bond donors (Lipinski definition) is 2. The second-order valence-electron chi connectivity index (χ2n) is 3.97. The van der Waals surface area contributed by atoms with Gasteiger partial charge in [0.2, 0.25) is 0 Å². The van der Waals surface area contributed by atoms with Crippen molar-refractivity contribution in [3.05, 3.63) is 24.3 Å². The van der Waals surface area contributed by atoms with Crippen molar-refractivity contribution < 1.29 is 19.0 Å². The molecule has 2 amide bonds. The van der Waals surface area contributed by atoms with E-state index in [1.807, 2.05) is 19.1 Å². The zero-order chi connectivity index (χ0) is 14.6. The van der Waals surface area contributed by atoms with E-state index in [9.17, 15) is 4.79 Å². The van der Waals surface area contributed by atoms with Crippen LogP contribution in [-0.2, 0) is 4.74 Å². The molecule has 0 aliphatic heterocycles. The van der Waals surface area contributed by atoms with Crippen molar-refractivity contribution in [2.24, 2.45) is 0 Å². The van der Waals surface area contributed by atoms with Crippen LogP contribution >= 0.6 is 0 Å². The number of carbonyl (C=O) groups excluding carboxylic acids is 1. The Morgan fingerprint density at radius 3 is 2.35 bits per heavy atom. The van der Waals surface area contributed by atoms with Gasteiger partial charge in [-0.1, -0.05) is 0 Å². The van der Waals surface area contributed by atoms with Gasteiger partial charge in [0.25, 0.3) is 0 Å². The Labute approximate surface area is 119 Å². The maximum absolute atomic E-state index is 11.4. The average Bonchev–Trinajstić information content (AvgIpc) is 2.46. The SMILES string of the molecule is CCOc1ccc(OCNC(=O)NCCCOC)cc1. The molecule has 1 aromatic carbocycles. The molecule has 0 aromatic heterocycles. The summed E-state index contributed by atoms with van der Waals surface area (Å²) in [6, 6.07) is 6.98. The van der Waals surface area contributed by atoms with Crippen molar-refractivity contribution >= 4 is 6.03 Å². The summed E-state index contributed by atoms with van der Waals surface area (Å²) in [7, 11) is 1.63. The lowest BCUT2D eigenvalue weighted by Gasteiger charge is -2.10. The zero-order valence-electron chi connectivity index (χ0n) is 12.0. The highest BCUT2D eigenvalue weighted by Crippen LogP contribution is 2.16. The molecule has 0 atom stereocenters. The molecule has 0 saturated carbocycles. The summed E-state index contributed by atoms with van der Waals surface area (Å²) in [6.07, 6.45) is 0.781. The third-order valence-corrected chi connectivity index (χ3v) is 2.42. The van der Waals surface area contributed by atoms with Gasteiger partial charge >= 0.3 is 6.03 Å². The number of ether oxygens (including phenoxy) is 3. The van der Waals surface area contributed by atoms with E-state index in [1.165, 1.54) is 0 Å². The van der Waals surface area contributed by atoms with E-state index in [2.05, 4.69) is 10.6 Å². The third-order valence-electron chi connectivity index (χ3n) is 2.42. The molecule has 0 spiro atoms. The lowest BCUT2D eigenvalue weighted by atomic mass is 10.3. The predicted octanol–water partition coefficient (Wildman–Crippen LogP) is 1.76. The predicted molar refractivity (Wildman–Crippen MR) is 76.1 cm³/mol. The van der Waals surface area contributed by atoms with Crippen LogP contribution in [0, 0.1) is 0 Å². The lowest BCUT2D eigenvalue weighted by Crippen LogP contribution is -2.38. The van der Waals surface area contributed by atoms with Crippen molar-refractivity contribution in [3.8, 4) is 11.5 Å². The fraction of sp³-hybridized carbons (Fsp3) is 0.500. The van der Waals surface area contributed by atoms with Gasteiger partial charge in [-0.3, -0.25) is 0 Å². The van der Waals surface area contributed by atoms with Crippen LogP contribution in [0.25, 0.3) is 0 Å². The molecular formula is C14H22N2O4. The summed E-state index contributed by atoms with van der Waals surface area (Å²) in [5, 5.41) is 5.30. The Kier molecular flexibility index (Phi) is 7.98. The highest BCUT2D eigenvalue weighted by molar-refractivity contribution is 5.73. The summed E-state index contributed by atoms with van der Waals surface area (Å²) < 4.78 is 15.6. The normalized spacial score (nSPS) is 9.90. The minimum atomic E-state index is -0.257. The van der Waals surface area contributed by atoms with Crippen LogP contribution in [0.1, 0.15) is 13.3 Å². The van der Waals surface area contributed by atoms with E-state index < -0.39 is 0 Å². The number of urea groups is 1. The van der Waals surface area contributed by atoms with E-state index in [0.717, 1.165) is 12.2 Å². The molecule has 6 nitrogen and oxygen atoms in total. The Balaban J connectivity index is 2.15. The zero-order valence-corrected chi connectivity index (χ0v) is 12.0. The van der Waals surface area contributed by atoms with Crippen LogP contribution in [-0.4, -0.2) is 39.6 Å². The van der Waals surface area contributed by atoms with E-state index in [-0.39, 0.29) is 12.8 Å². The fourth-order valence-electron chi connectivity index (χ4n) is 1.46. The molecule has 0 heterocycles. The number of methoxy groups -OCH3 is 1. The monoisotopic (exact) mass is 282 g/mol. The number of hydrogen-bond acceptors (Lipinski definition) is 4. The number of amides is 2. The van der Waals surface area contributed by atoms with Crippen LogP contribution in [0.4, 0.5) is 4.79 Å². The van der Waals surface area contributed by atoms with Gasteiger partial charge in [0.1, 0.15) is 11.5 Å². The van der Waals surface area contributed by atoms with Crippen molar-refractivity contribution in [2.75, 3.05) is 33.6 Å². The molecule has 20 heavy (non-hydrogen) atoms. The second-order valence-corrected chi connectivity index (χ2v) is 3.97. The lowest BCUT2D eigenvalue weighted by molar-refractivity contribution is 0.192. The first-order chi connectivity index (χ1) is 9.76. The van der Waals surface area contributed by atoms with Crippen LogP contribution in [0.15, 0.2) is 24.3 Å². The van der Waals surface area contributed by atoms with Crippen molar-refractivity contribution in [1.82, 2.24) is 10.6 Å². The molecule has 0 radical (unpaired) electrons. The molecular weight excluding hydrogens is 260 g/mol. The standard InChI is InChI=1S/C14H22N2O4/c1-3-19-12-5-7-13(8-6-12)20-11-16-14(17)15-9-4-10-18-2/h5-8H,3-4,9-11H2,1-2H3,(H2,15,16,17). The van der Waals surface area contributed by atoms with Crippen LogP contribution in [0.3, 0.4) is 0 Å². The smallest absolute Gasteiger partial charge is 0.317 e. The van der Waals surface area contributed by atoms with E-state index in [1.54, 1.807) is 19.2 Å². The number of benzene rings is 1. The molecule has 2 N–H and O–H groups in total. The van der Waals surface area contributed by atoms with Gasteiger partial charge in [0, 0.05) is 20.3 Å². The number of rotatable bonds is 9. The molecule has 0 saturated heterocycles. The molecule has 0 aliphatic rings. The quantitative estimate of drug-likeness (QED) is 0.535. The molecule has 0 bridgehead atoms. The summed E-state index contributed by atoms with van der Waals surface area (Å²) in [6.45, 7) is 3.88. The summed E-state index contributed by atoms with van der Waals surface area (Å²) in [5.41, 5.74) is 0. The highest BCUT2D eigenvalue weighted by Gasteiger charge is 1.99. The van der Waals surface area contributed by atoms with Gasteiger partial charge in [0.15, 0.2) is 6.73 Å². The molecule has 0 aliphatic carbocycles. The van der Waals surface area contributed by atoms with Gasteiger partial charge in [-0.2, -0.15) is 0 Å². The number of carbonyl (C=O) groups is 1. The molecule has 0 fully saturated rings. The fourth-order valence-corrected chi connectivity index (χ4v) is 1.46. The van der Waals surface area contributed by atoms with Gasteiger partial charge in [-0.05, 0) is 37.6 Å². The Bertz CT molecular complexity index is 381. The second kappa shape index (κ2) is 9.91. The maximum Gasteiger partial charge on any atom is 0.317 e. The molecule has 112 valence electrons. The first kappa shape index (κ1) is 16.1. The van der Waals surface area contributed by atoms with Crippen molar-refractivity contribution in [3.63, 3.8) is 0 Å². The minimum absolute atomic E-state index is 0.115. The summed E-state index contributed by atoms with van der Waals surface area (Å²) in [4.78, 5) is 11.4. The first-order valence-corrected chi connectivity index (χ1v) is 6.62. The van der Waals surface area contributed by atoms with Gasteiger partial charge in [-0.25, -0.2) is 4.79 Å². The Morgan fingerprint density at radius 2 is 1.75 bits per heavy atom. The van der Waals surface area contributed by atoms with E-state index in [4.69, 9.17) is 14.2 Å². The largest absolute Gasteiger partial charge is 0.494 e. The summed E-state index contributed by atoms with van der Waals surface area (Å²) >= 11 is 0. The molecule has 6 heteroatoms. The summed E-state index contributed by atoms with van der Waals surface area (Å²) in [5.74, 6) is 1.47. The van der Waals surface area contributed by atoms with Crippen molar-refractivity contribution in [2.45, 2.75) is 13.3 Å². The number of nitrogens with one attached hydrogen (secondary N) is 2.